The number of carboxylic acids is 1. The third-order valence-corrected chi connectivity index (χ3v) is 5.24. The number of halogens is 2. The fourth-order valence-corrected chi connectivity index (χ4v) is 3.81. The highest BCUT2D eigenvalue weighted by molar-refractivity contribution is 6.34. The summed E-state index contributed by atoms with van der Waals surface area (Å²) in [5, 5.41) is 15.0. The minimum absolute atomic E-state index is 0. The topological polar surface area (TPSA) is 67.6 Å². The molecular weight excluding hydrogens is 401 g/mol. The second-order valence-corrected chi connectivity index (χ2v) is 7.04. The van der Waals surface area contributed by atoms with E-state index in [9.17, 15) is 4.79 Å². The maximum Gasteiger partial charge on any atom is 0.317 e. The summed E-state index contributed by atoms with van der Waals surface area (Å²) in [5.74, 6) is -0.0523. The van der Waals surface area contributed by atoms with Crippen molar-refractivity contribution in [1.29, 1.82) is 0 Å². The van der Waals surface area contributed by atoms with E-state index in [1.54, 1.807) is 4.68 Å². The summed E-state index contributed by atoms with van der Waals surface area (Å²) in [6.07, 6.45) is 1.96. The van der Waals surface area contributed by atoms with Crippen LogP contribution in [-0.2, 0) is 4.79 Å². The van der Waals surface area contributed by atoms with Crippen molar-refractivity contribution in [3.05, 3.63) is 53.7 Å². The van der Waals surface area contributed by atoms with Crippen molar-refractivity contribution in [2.45, 2.75) is 18.9 Å². The standard InChI is InChI=1S/C20H20ClN3O3.ClH/c21-20-17-5-1-2-6-18(17)22-24(20)14-7-9-16(10-8-14)27-13-15-4-3-11-23(15)12-19(25)26;/h1-2,5-10,15H,3-4,11-13H2,(H,25,26);1H. The molecule has 1 N–H and O–H groups in total. The maximum atomic E-state index is 10.9. The number of benzene rings is 2. The van der Waals surface area contributed by atoms with Gasteiger partial charge in [-0.05, 0) is 55.8 Å². The zero-order valence-corrected chi connectivity index (χ0v) is 16.7. The summed E-state index contributed by atoms with van der Waals surface area (Å²) in [6.45, 7) is 1.36. The molecule has 0 amide bonds. The summed E-state index contributed by atoms with van der Waals surface area (Å²) < 4.78 is 7.59. The molecule has 1 aromatic heterocycles. The van der Waals surface area contributed by atoms with Crippen LogP contribution in [0.4, 0.5) is 0 Å². The molecule has 0 spiro atoms. The molecule has 1 fully saturated rings. The number of carbonyl (C=O) groups is 1. The lowest BCUT2D eigenvalue weighted by Crippen LogP contribution is -2.37. The van der Waals surface area contributed by atoms with Crippen LogP contribution >= 0.6 is 24.0 Å². The highest BCUT2D eigenvalue weighted by Gasteiger charge is 2.26. The average molecular weight is 422 g/mol. The molecule has 1 unspecified atom stereocenters. The lowest BCUT2D eigenvalue weighted by molar-refractivity contribution is -0.138. The average Bonchev–Trinajstić information content (AvgIpc) is 3.24. The minimum atomic E-state index is -0.797. The van der Waals surface area contributed by atoms with Crippen molar-refractivity contribution in [2.24, 2.45) is 0 Å². The van der Waals surface area contributed by atoms with Crippen LogP contribution in [0.25, 0.3) is 16.6 Å². The third-order valence-electron chi connectivity index (χ3n) is 4.88. The zero-order chi connectivity index (χ0) is 18.8. The van der Waals surface area contributed by atoms with Crippen molar-refractivity contribution in [3.63, 3.8) is 0 Å². The molecule has 4 rings (SSSR count). The van der Waals surface area contributed by atoms with Crippen LogP contribution in [0.3, 0.4) is 0 Å². The smallest absolute Gasteiger partial charge is 0.317 e. The van der Waals surface area contributed by atoms with Gasteiger partial charge in [0.15, 0.2) is 0 Å². The van der Waals surface area contributed by atoms with Gasteiger partial charge in [0.2, 0.25) is 0 Å². The van der Waals surface area contributed by atoms with Gasteiger partial charge in [-0.25, -0.2) is 4.68 Å². The fourth-order valence-electron chi connectivity index (χ4n) is 3.51. The number of aromatic nitrogens is 2. The minimum Gasteiger partial charge on any atom is -0.492 e. The molecule has 1 aliphatic rings. The number of ether oxygens (including phenoxy) is 1. The molecule has 0 radical (unpaired) electrons. The van der Waals surface area contributed by atoms with E-state index < -0.39 is 5.97 Å². The second kappa shape index (κ2) is 8.82. The van der Waals surface area contributed by atoms with Gasteiger partial charge in [0.25, 0.3) is 0 Å². The van der Waals surface area contributed by atoms with Crippen LogP contribution in [0, 0.1) is 0 Å². The molecule has 0 bridgehead atoms. The first-order valence-electron chi connectivity index (χ1n) is 8.94. The maximum absolute atomic E-state index is 10.9. The first-order valence-corrected chi connectivity index (χ1v) is 9.32. The number of hydrogen-bond acceptors (Lipinski definition) is 4. The number of rotatable bonds is 6. The van der Waals surface area contributed by atoms with E-state index in [0.717, 1.165) is 41.7 Å². The van der Waals surface area contributed by atoms with Gasteiger partial charge in [-0.1, -0.05) is 23.7 Å². The number of carboxylic acid groups (broad SMARTS) is 1. The summed E-state index contributed by atoms with van der Waals surface area (Å²) >= 11 is 6.45. The van der Waals surface area contributed by atoms with Gasteiger partial charge in [0, 0.05) is 11.4 Å². The van der Waals surface area contributed by atoms with E-state index in [4.69, 9.17) is 21.4 Å². The normalized spacial score (nSPS) is 16.8. The number of aliphatic carboxylic acids is 1. The van der Waals surface area contributed by atoms with Gasteiger partial charge in [0.05, 0.1) is 17.7 Å². The largest absolute Gasteiger partial charge is 0.492 e. The van der Waals surface area contributed by atoms with Crippen LogP contribution in [0.15, 0.2) is 48.5 Å². The van der Waals surface area contributed by atoms with E-state index >= 15 is 0 Å². The molecule has 1 aliphatic heterocycles. The Bertz CT molecular complexity index is 959. The summed E-state index contributed by atoms with van der Waals surface area (Å²) in [7, 11) is 0. The summed E-state index contributed by atoms with van der Waals surface area (Å²) in [6, 6.07) is 15.5. The number of fused-ring (bicyclic) bond motifs is 1. The van der Waals surface area contributed by atoms with Crippen molar-refractivity contribution >= 4 is 40.9 Å². The summed E-state index contributed by atoms with van der Waals surface area (Å²) in [4.78, 5) is 12.9. The molecule has 2 aromatic carbocycles. The Kier molecular flexibility index (Phi) is 6.44. The van der Waals surface area contributed by atoms with Crippen LogP contribution < -0.4 is 4.74 Å². The van der Waals surface area contributed by atoms with Gasteiger partial charge in [-0.3, -0.25) is 9.69 Å². The molecule has 0 aliphatic carbocycles. The van der Waals surface area contributed by atoms with Gasteiger partial charge in [-0.15, -0.1) is 12.4 Å². The van der Waals surface area contributed by atoms with Gasteiger partial charge in [0.1, 0.15) is 17.5 Å². The fraction of sp³-hybridized carbons (Fsp3) is 0.300. The quantitative estimate of drug-likeness (QED) is 0.650. The Hall–Kier alpha value is -2.28. The molecule has 8 heteroatoms. The third kappa shape index (κ3) is 4.24. The first-order chi connectivity index (χ1) is 13.1. The van der Waals surface area contributed by atoms with E-state index in [1.165, 1.54) is 0 Å². The molecule has 3 aromatic rings. The van der Waals surface area contributed by atoms with Gasteiger partial charge < -0.3 is 9.84 Å². The molecule has 28 heavy (non-hydrogen) atoms. The Labute approximate surface area is 174 Å². The van der Waals surface area contributed by atoms with Crippen LogP contribution in [0.5, 0.6) is 5.75 Å². The SMILES string of the molecule is Cl.O=C(O)CN1CCCC1COc1ccc(-n2nc3ccccc3c2Cl)cc1. The zero-order valence-electron chi connectivity index (χ0n) is 15.1. The van der Waals surface area contributed by atoms with Gasteiger partial charge >= 0.3 is 5.97 Å². The predicted octanol–water partition coefficient (Wildman–Crippen LogP) is 4.03. The molecule has 2 heterocycles. The molecule has 148 valence electrons. The van der Waals surface area contributed by atoms with Crippen LogP contribution in [0.1, 0.15) is 12.8 Å². The molecule has 1 saturated heterocycles. The first kappa shape index (κ1) is 20.5. The van der Waals surface area contributed by atoms with Crippen molar-refractivity contribution in [2.75, 3.05) is 19.7 Å². The van der Waals surface area contributed by atoms with Crippen molar-refractivity contribution < 1.29 is 14.6 Å². The van der Waals surface area contributed by atoms with Gasteiger partial charge in [-0.2, -0.15) is 5.10 Å². The highest BCUT2D eigenvalue weighted by Crippen LogP contribution is 2.27. The number of hydrogen-bond donors (Lipinski definition) is 1. The number of nitrogens with zero attached hydrogens (tertiary/aromatic N) is 3. The van der Waals surface area contributed by atoms with E-state index in [1.807, 2.05) is 53.4 Å². The predicted molar refractivity (Wildman–Crippen MR) is 111 cm³/mol. The monoisotopic (exact) mass is 421 g/mol. The van der Waals surface area contributed by atoms with Crippen molar-refractivity contribution in [1.82, 2.24) is 14.7 Å². The highest BCUT2D eigenvalue weighted by atomic mass is 35.5. The molecule has 6 nitrogen and oxygen atoms in total. The van der Waals surface area contributed by atoms with E-state index in [2.05, 4.69) is 5.10 Å². The summed E-state index contributed by atoms with van der Waals surface area (Å²) in [5.41, 5.74) is 1.71. The molecule has 1 atom stereocenters. The van der Waals surface area contributed by atoms with Crippen LogP contribution in [0.2, 0.25) is 5.15 Å². The lowest BCUT2D eigenvalue weighted by atomic mass is 10.2. The molecular formula is C20H21Cl2N3O3. The molecule has 0 saturated carbocycles. The second-order valence-electron chi connectivity index (χ2n) is 6.68. The lowest BCUT2D eigenvalue weighted by Gasteiger charge is -2.22. The Morgan fingerprint density at radius 3 is 2.68 bits per heavy atom. The Balaban J connectivity index is 0.00000225. The van der Waals surface area contributed by atoms with Crippen molar-refractivity contribution in [3.8, 4) is 11.4 Å². The van der Waals surface area contributed by atoms with E-state index in [-0.39, 0.29) is 25.0 Å². The Morgan fingerprint density at radius 2 is 1.96 bits per heavy atom. The van der Waals surface area contributed by atoms with Crippen LogP contribution in [-0.4, -0.2) is 51.5 Å². The number of likely N-dealkylation sites (tertiary alicyclic amines) is 1. The Morgan fingerprint density at radius 1 is 1.21 bits per heavy atom. The van der Waals surface area contributed by atoms with E-state index in [0.29, 0.717) is 11.8 Å².